The molecule has 0 saturated heterocycles. The highest BCUT2D eigenvalue weighted by molar-refractivity contribution is 5.45. The quantitative estimate of drug-likeness (QED) is 0.837. The average Bonchev–Trinajstić information content (AvgIpc) is 2.72. The molecule has 2 rings (SSSR count). The van der Waals surface area contributed by atoms with Gasteiger partial charge in [0.2, 0.25) is 0 Å². The zero-order valence-electron chi connectivity index (χ0n) is 10.4. The molecule has 1 aliphatic carbocycles. The topological polar surface area (TPSA) is 12.0 Å². The molecule has 1 aliphatic rings. The van der Waals surface area contributed by atoms with E-state index in [1.165, 1.54) is 31.4 Å². The Bertz CT molecular complexity index is 383. The number of hydrogen-bond donors (Lipinski definition) is 1. The fraction of sp³-hybridized carbons (Fsp3) is 0.571. The Morgan fingerprint density at radius 2 is 1.83 bits per heavy atom. The van der Waals surface area contributed by atoms with Crippen LogP contribution in [0.15, 0.2) is 24.3 Å². The first-order valence-corrected chi connectivity index (χ1v) is 6.36. The van der Waals surface area contributed by atoms with Crippen molar-refractivity contribution in [2.45, 2.75) is 32.4 Å². The third kappa shape index (κ3) is 3.40. The van der Waals surface area contributed by atoms with E-state index in [1.54, 1.807) is 0 Å². The summed E-state index contributed by atoms with van der Waals surface area (Å²) in [5.41, 5.74) is 0.171. The third-order valence-electron chi connectivity index (χ3n) is 3.61. The van der Waals surface area contributed by atoms with Gasteiger partial charge in [0.25, 0.3) is 0 Å². The average molecular weight is 257 g/mol. The highest BCUT2D eigenvalue weighted by atomic mass is 19.4. The van der Waals surface area contributed by atoms with Crippen LogP contribution >= 0.6 is 0 Å². The normalized spacial score (nSPS) is 24.2. The Hall–Kier alpha value is -1.19. The van der Waals surface area contributed by atoms with E-state index in [1.807, 2.05) is 0 Å². The lowest BCUT2D eigenvalue weighted by Gasteiger charge is -2.13. The van der Waals surface area contributed by atoms with Gasteiger partial charge >= 0.3 is 6.18 Å². The molecule has 2 atom stereocenters. The summed E-state index contributed by atoms with van der Waals surface area (Å²) >= 11 is 0. The van der Waals surface area contributed by atoms with Crippen molar-refractivity contribution in [3.8, 4) is 0 Å². The standard InChI is InChI=1S/C14H18F3N/c1-10-2-3-11(8-10)9-18-13-6-4-12(5-7-13)14(15,16)17/h4-7,10-11,18H,2-3,8-9H2,1H3. The fourth-order valence-corrected chi connectivity index (χ4v) is 2.55. The van der Waals surface area contributed by atoms with Crippen LogP contribution in [0.5, 0.6) is 0 Å². The summed E-state index contributed by atoms with van der Waals surface area (Å²) in [4.78, 5) is 0. The van der Waals surface area contributed by atoms with Crippen LogP contribution in [-0.4, -0.2) is 6.54 Å². The molecule has 1 fully saturated rings. The number of anilines is 1. The second kappa shape index (κ2) is 5.21. The van der Waals surface area contributed by atoms with Gasteiger partial charge in [-0.25, -0.2) is 0 Å². The van der Waals surface area contributed by atoms with Gasteiger partial charge in [0.1, 0.15) is 0 Å². The monoisotopic (exact) mass is 257 g/mol. The molecule has 18 heavy (non-hydrogen) atoms. The largest absolute Gasteiger partial charge is 0.416 e. The van der Waals surface area contributed by atoms with Crippen molar-refractivity contribution in [2.24, 2.45) is 11.8 Å². The first kappa shape index (κ1) is 13.2. The van der Waals surface area contributed by atoms with Crippen molar-refractivity contribution in [3.63, 3.8) is 0 Å². The minimum absolute atomic E-state index is 0.595. The van der Waals surface area contributed by atoms with Gasteiger partial charge in [-0.15, -0.1) is 0 Å². The molecule has 0 aromatic heterocycles. The SMILES string of the molecule is CC1CCC(CNc2ccc(C(F)(F)F)cc2)C1. The van der Waals surface area contributed by atoms with Crippen LogP contribution in [0.1, 0.15) is 31.7 Å². The molecule has 1 aromatic rings. The van der Waals surface area contributed by atoms with Crippen LogP contribution in [0.25, 0.3) is 0 Å². The van der Waals surface area contributed by atoms with Gasteiger partial charge in [0.05, 0.1) is 5.56 Å². The first-order chi connectivity index (χ1) is 8.45. The van der Waals surface area contributed by atoms with Gasteiger partial charge in [-0.1, -0.05) is 13.3 Å². The van der Waals surface area contributed by atoms with Crippen molar-refractivity contribution >= 4 is 5.69 Å². The maximum Gasteiger partial charge on any atom is 0.416 e. The van der Waals surface area contributed by atoms with Gasteiger partial charge in [0, 0.05) is 12.2 Å². The smallest absolute Gasteiger partial charge is 0.385 e. The molecule has 0 bridgehead atoms. The molecule has 0 heterocycles. The lowest BCUT2D eigenvalue weighted by atomic mass is 10.1. The van der Waals surface area contributed by atoms with Gasteiger partial charge < -0.3 is 5.32 Å². The number of benzene rings is 1. The second-order valence-electron chi connectivity index (χ2n) is 5.24. The number of halogens is 3. The molecule has 4 heteroatoms. The summed E-state index contributed by atoms with van der Waals surface area (Å²) < 4.78 is 37.1. The fourth-order valence-electron chi connectivity index (χ4n) is 2.55. The molecule has 1 aromatic carbocycles. The molecular formula is C14H18F3N. The van der Waals surface area contributed by atoms with Crippen molar-refractivity contribution in [1.29, 1.82) is 0 Å². The Labute approximate surface area is 105 Å². The van der Waals surface area contributed by atoms with E-state index >= 15 is 0 Å². The number of alkyl halides is 3. The lowest BCUT2D eigenvalue weighted by molar-refractivity contribution is -0.137. The summed E-state index contributed by atoms with van der Waals surface area (Å²) in [5, 5.41) is 3.22. The Morgan fingerprint density at radius 3 is 2.33 bits per heavy atom. The highest BCUT2D eigenvalue weighted by Crippen LogP contribution is 2.31. The number of nitrogens with one attached hydrogen (secondary N) is 1. The van der Waals surface area contributed by atoms with E-state index in [2.05, 4.69) is 12.2 Å². The molecule has 0 spiro atoms. The third-order valence-corrected chi connectivity index (χ3v) is 3.61. The van der Waals surface area contributed by atoms with Crippen LogP contribution in [-0.2, 0) is 6.18 Å². The zero-order valence-corrected chi connectivity index (χ0v) is 10.4. The lowest BCUT2D eigenvalue weighted by Crippen LogP contribution is -2.12. The molecule has 1 N–H and O–H groups in total. The van der Waals surface area contributed by atoms with Crippen LogP contribution in [0, 0.1) is 11.8 Å². The first-order valence-electron chi connectivity index (χ1n) is 6.36. The summed E-state index contributed by atoms with van der Waals surface area (Å²) in [5.74, 6) is 1.44. The van der Waals surface area contributed by atoms with E-state index in [0.29, 0.717) is 5.92 Å². The highest BCUT2D eigenvalue weighted by Gasteiger charge is 2.30. The molecule has 1 saturated carbocycles. The predicted octanol–water partition coefficient (Wildman–Crippen LogP) is 4.55. The van der Waals surface area contributed by atoms with Crippen LogP contribution in [0.3, 0.4) is 0 Å². The van der Waals surface area contributed by atoms with Crippen LogP contribution in [0.4, 0.5) is 18.9 Å². The van der Waals surface area contributed by atoms with Crippen molar-refractivity contribution in [2.75, 3.05) is 11.9 Å². The molecule has 100 valence electrons. The molecule has 0 aliphatic heterocycles. The van der Waals surface area contributed by atoms with Crippen molar-refractivity contribution in [1.82, 2.24) is 0 Å². The van der Waals surface area contributed by atoms with Gasteiger partial charge in [-0.3, -0.25) is 0 Å². The predicted molar refractivity (Wildman–Crippen MR) is 66.4 cm³/mol. The van der Waals surface area contributed by atoms with Gasteiger partial charge in [-0.2, -0.15) is 13.2 Å². The van der Waals surface area contributed by atoms with Gasteiger partial charge in [0.15, 0.2) is 0 Å². The summed E-state index contributed by atoms with van der Waals surface area (Å²) in [7, 11) is 0. The number of hydrogen-bond acceptors (Lipinski definition) is 1. The Balaban J connectivity index is 1.87. The van der Waals surface area contributed by atoms with E-state index in [4.69, 9.17) is 0 Å². The summed E-state index contributed by atoms with van der Waals surface area (Å²) in [6.07, 6.45) is -0.554. The molecule has 2 unspecified atom stereocenters. The van der Waals surface area contributed by atoms with E-state index in [-0.39, 0.29) is 0 Å². The second-order valence-corrected chi connectivity index (χ2v) is 5.24. The van der Waals surface area contributed by atoms with Gasteiger partial charge in [-0.05, 0) is 48.9 Å². The van der Waals surface area contributed by atoms with E-state index in [9.17, 15) is 13.2 Å². The molecule has 1 nitrogen and oxygen atoms in total. The molecule has 0 amide bonds. The summed E-state index contributed by atoms with van der Waals surface area (Å²) in [6.45, 7) is 3.10. The van der Waals surface area contributed by atoms with Crippen LogP contribution < -0.4 is 5.32 Å². The van der Waals surface area contributed by atoms with Crippen molar-refractivity contribution < 1.29 is 13.2 Å². The molecular weight excluding hydrogens is 239 g/mol. The minimum atomic E-state index is -4.25. The van der Waals surface area contributed by atoms with E-state index in [0.717, 1.165) is 30.3 Å². The molecule has 0 radical (unpaired) electrons. The van der Waals surface area contributed by atoms with Crippen LogP contribution in [0.2, 0.25) is 0 Å². The van der Waals surface area contributed by atoms with E-state index < -0.39 is 11.7 Å². The Kier molecular flexibility index (Phi) is 3.83. The maximum absolute atomic E-state index is 12.4. The maximum atomic E-state index is 12.4. The number of rotatable bonds is 3. The van der Waals surface area contributed by atoms with Crippen molar-refractivity contribution in [3.05, 3.63) is 29.8 Å². The summed E-state index contributed by atoms with van der Waals surface area (Å²) in [6, 6.07) is 5.25. The Morgan fingerprint density at radius 1 is 1.17 bits per heavy atom. The minimum Gasteiger partial charge on any atom is -0.385 e. The zero-order chi connectivity index (χ0) is 13.2.